The van der Waals surface area contributed by atoms with Crippen molar-refractivity contribution in [1.82, 2.24) is 10.2 Å². The minimum Gasteiger partial charge on any atom is -0.480 e. The Hall–Kier alpha value is -0.610. The average Bonchev–Trinajstić information content (AvgIpc) is 3.28. The summed E-state index contributed by atoms with van der Waals surface area (Å²) in [5, 5.41) is 13.4. The minimum atomic E-state index is -0.682. The molecule has 0 radical (unpaired) electrons. The zero-order valence-electron chi connectivity index (χ0n) is 12.8. The molecule has 2 unspecified atom stereocenters. The highest BCUT2D eigenvalue weighted by Crippen LogP contribution is 2.43. The van der Waals surface area contributed by atoms with Gasteiger partial charge in [-0.3, -0.25) is 15.0 Å². The van der Waals surface area contributed by atoms with Crippen molar-refractivity contribution in [2.24, 2.45) is 11.8 Å². The second-order valence-electron chi connectivity index (χ2n) is 7.39. The van der Waals surface area contributed by atoms with Crippen molar-refractivity contribution in [2.75, 3.05) is 13.1 Å². The predicted octanol–water partition coefficient (Wildman–Crippen LogP) is 2.09. The summed E-state index contributed by atoms with van der Waals surface area (Å²) >= 11 is 0. The largest absolute Gasteiger partial charge is 0.480 e. The van der Waals surface area contributed by atoms with Gasteiger partial charge in [0.2, 0.25) is 0 Å². The fraction of sp³-hybridized carbons (Fsp3) is 0.938. The lowest BCUT2D eigenvalue weighted by atomic mass is 9.90. The number of aliphatic carboxylic acids is 1. The van der Waals surface area contributed by atoms with Gasteiger partial charge in [0.05, 0.1) is 0 Å². The van der Waals surface area contributed by atoms with Crippen LogP contribution in [0.3, 0.4) is 0 Å². The molecule has 0 aromatic rings. The quantitative estimate of drug-likeness (QED) is 0.750. The Morgan fingerprint density at radius 1 is 1.30 bits per heavy atom. The van der Waals surface area contributed by atoms with Crippen molar-refractivity contribution in [3.05, 3.63) is 0 Å². The highest BCUT2D eigenvalue weighted by molar-refractivity contribution is 5.80. The van der Waals surface area contributed by atoms with Gasteiger partial charge in [0.25, 0.3) is 0 Å². The number of carboxylic acids is 1. The first kappa shape index (κ1) is 14.3. The van der Waals surface area contributed by atoms with E-state index in [1.807, 2.05) is 0 Å². The molecule has 3 fully saturated rings. The van der Waals surface area contributed by atoms with Crippen molar-refractivity contribution >= 4 is 5.97 Å². The lowest BCUT2D eigenvalue weighted by molar-refractivity contribution is -0.147. The average molecular weight is 280 g/mol. The number of nitrogens with zero attached hydrogens (tertiary/aromatic N) is 1. The van der Waals surface area contributed by atoms with Gasteiger partial charge in [0.15, 0.2) is 0 Å². The fourth-order valence-electron chi connectivity index (χ4n) is 3.89. The molecule has 1 saturated heterocycles. The summed E-state index contributed by atoms with van der Waals surface area (Å²) in [7, 11) is 0. The van der Waals surface area contributed by atoms with Gasteiger partial charge in [-0.1, -0.05) is 13.8 Å². The van der Waals surface area contributed by atoms with Crippen molar-refractivity contribution in [2.45, 2.75) is 70.0 Å². The number of nitrogens with one attached hydrogen (secondary N) is 1. The molecule has 4 nitrogen and oxygen atoms in total. The molecule has 1 heterocycles. The van der Waals surface area contributed by atoms with Gasteiger partial charge in [0.1, 0.15) is 5.54 Å². The highest BCUT2D eigenvalue weighted by Gasteiger charge is 2.54. The Balaban J connectivity index is 1.76. The third-order valence-corrected chi connectivity index (χ3v) is 5.33. The second-order valence-corrected chi connectivity index (χ2v) is 7.39. The van der Waals surface area contributed by atoms with E-state index < -0.39 is 11.5 Å². The van der Waals surface area contributed by atoms with Gasteiger partial charge in [-0.05, 0) is 56.9 Å². The van der Waals surface area contributed by atoms with Crippen molar-refractivity contribution in [3.63, 3.8) is 0 Å². The van der Waals surface area contributed by atoms with E-state index in [1.165, 1.54) is 12.8 Å². The third-order valence-electron chi connectivity index (χ3n) is 5.33. The van der Waals surface area contributed by atoms with Crippen LogP contribution in [-0.2, 0) is 4.79 Å². The molecule has 20 heavy (non-hydrogen) atoms. The number of likely N-dealkylation sites (tertiary alicyclic amines) is 1. The van der Waals surface area contributed by atoms with Crippen LogP contribution in [0.5, 0.6) is 0 Å². The van der Waals surface area contributed by atoms with E-state index in [2.05, 4.69) is 24.1 Å². The molecule has 0 aromatic heterocycles. The molecule has 2 atom stereocenters. The lowest BCUT2D eigenvalue weighted by Gasteiger charge is -2.38. The van der Waals surface area contributed by atoms with Crippen molar-refractivity contribution < 1.29 is 9.90 Å². The molecule has 2 saturated carbocycles. The van der Waals surface area contributed by atoms with Gasteiger partial charge >= 0.3 is 5.97 Å². The Labute approximate surface area is 121 Å². The van der Waals surface area contributed by atoms with Gasteiger partial charge in [-0.25, -0.2) is 0 Å². The summed E-state index contributed by atoms with van der Waals surface area (Å²) in [6, 6.07) is 1.01. The molecule has 3 aliphatic rings. The second kappa shape index (κ2) is 5.30. The van der Waals surface area contributed by atoms with Crippen LogP contribution in [0.4, 0.5) is 0 Å². The van der Waals surface area contributed by atoms with Crippen molar-refractivity contribution in [1.29, 1.82) is 0 Å². The van der Waals surface area contributed by atoms with Crippen LogP contribution in [-0.4, -0.2) is 46.7 Å². The maximum absolute atomic E-state index is 12.0. The molecule has 0 bridgehead atoms. The first-order chi connectivity index (χ1) is 9.53. The third kappa shape index (κ3) is 2.73. The number of carbonyl (C=O) groups is 1. The van der Waals surface area contributed by atoms with E-state index in [1.54, 1.807) is 0 Å². The first-order valence-corrected chi connectivity index (χ1v) is 8.28. The van der Waals surface area contributed by atoms with Crippen LogP contribution in [0.25, 0.3) is 0 Å². The highest BCUT2D eigenvalue weighted by atomic mass is 16.4. The predicted molar refractivity (Wildman–Crippen MR) is 78.7 cm³/mol. The van der Waals surface area contributed by atoms with Crippen LogP contribution < -0.4 is 5.32 Å². The molecule has 4 heteroatoms. The molecular weight excluding hydrogens is 252 g/mol. The summed E-state index contributed by atoms with van der Waals surface area (Å²) in [4.78, 5) is 14.5. The maximum atomic E-state index is 12.0. The van der Waals surface area contributed by atoms with Crippen molar-refractivity contribution in [3.8, 4) is 0 Å². The molecule has 3 rings (SSSR count). The summed E-state index contributed by atoms with van der Waals surface area (Å²) in [5.41, 5.74) is -0.682. The number of rotatable bonds is 7. The Morgan fingerprint density at radius 3 is 2.50 bits per heavy atom. The first-order valence-electron chi connectivity index (χ1n) is 8.28. The number of hydrogen-bond donors (Lipinski definition) is 2. The van der Waals surface area contributed by atoms with Gasteiger partial charge in [-0.15, -0.1) is 0 Å². The van der Waals surface area contributed by atoms with Crippen LogP contribution in [0.1, 0.15) is 52.4 Å². The SMILES string of the molecule is CC(C)C1CCCN1CC(NC1CC1)(C(=O)O)C1CC1. The Morgan fingerprint density at radius 2 is 2.00 bits per heavy atom. The lowest BCUT2D eigenvalue weighted by Crippen LogP contribution is -2.62. The zero-order chi connectivity index (χ0) is 14.3. The van der Waals surface area contributed by atoms with Crippen LogP contribution in [0, 0.1) is 11.8 Å². The van der Waals surface area contributed by atoms with E-state index in [-0.39, 0.29) is 0 Å². The summed E-state index contributed by atoms with van der Waals surface area (Å²) in [6.07, 6.45) is 6.89. The van der Waals surface area contributed by atoms with Gasteiger partial charge in [0, 0.05) is 18.6 Å². The standard InChI is InChI=1S/C16H28N2O2/c1-11(2)14-4-3-9-18(14)10-16(15(19)20,12-5-6-12)17-13-7-8-13/h11-14,17H,3-10H2,1-2H3,(H,19,20). The zero-order valence-corrected chi connectivity index (χ0v) is 12.8. The Kier molecular flexibility index (Phi) is 3.80. The molecule has 0 amide bonds. The summed E-state index contributed by atoms with van der Waals surface area (Å²) in [5.74, 6) is 0.333. The Bertz CT molecular complexity index is 377. The molecule has 114 valence electrons. The molecule has 1 aliphatic heterocycles. The van der Waals surface area contributed by atoms with E-state index in [0.717, 1.165) is 32.2 Å². The minimum absolute atomic E-state index is 0.342. The van der Waals surface area contributed by atoms with Crippen LogP contribution in [0.2, 0.25) is 0 Å². The molecule has 0 aromatic carbocycles. The van der Waals surface area contributed by atoms with E-state index in [0.29, 0.717) is 30.5 Å². The van der Waals surface area contributed by atoms with E-state index >= 15 is 0 Å². The molecule has 0 spiro atoms. The molecular formula is C16H28N2O2. The molecule has 2 aliphatic carbocycles. The monoisotopic (exact) mass is 280 g/mol. The fourth-order valence-corrected chi connectivity index (χ4v) is 3.89. The summed E-state index contributed by atoms with van der Waals surface area (Å²) in [6.45, 7) is 6.29. The van der Waals surface area contributed by atoms with E-state index in [4.69, 9.17) is 0 Å². The van der Waals surface area contributed by atoms with Crippen LogP contribution in [0.15, 0.2) is 0 Å². The summed E-state index contributed by atoms with van der Waals surface area (Å²) < 4.78 is 0. The molecule has 2 N–H and O–H groups in total. The van der Waals surface area contributed by atoms with Gasteiger partial charge < -0.3 is 5.11 Å². The maximum Gasteiger partial charge on any atom is 0.325 e. The van der Waals surface area contributed by atoms with Crippen LogP contribution >= 0.6 is 0 Å². The smallest absolute Gasteiger partial charge is 0.325 e. The van der Waals surface area contributed by atoms with Gasteiger partial charge in [-0.2, -0.15) is 0 Å². The normalized spacial score (nSPS) is 30.6. The number of hydrogen-bond acceptors (Lipinski definition) is 3. The number of carboxylic acid groups (broad SMARTS) is 1. The van der Waals surface area contributed by atoms with E-state index in [9.17, 15) is 9.90 Å². The topological polar surface area (TPSA) is 52.6 Å².